The van der Waals surface area contributed by atoms with Crippen molar-refractivity contribution in [2.45, 2.75) is 51.6 Å². The number of hydrogen-bond acceptors (Lipinski definition) is 4. The van der Waals surface area contributed by atoms with Crippen LogP contribution in [0.4, 0.5) is 4.39 Å². The van der Waals surface area contributed by atoms with Gasteiger partial charge in [-0.2, -0.15) is 0 Å². The Kier molecular flexibility index (Phi) is 11.6. The molecule has 6 nitrogen and oxygen atoms in total. The van der Waals surface area contributed by atoms with Gasteiger partial charge in [-0.1, -0.05) is 62.4 Å². The number of nitrogens with one attached hydrogen (secondary N) is 1. The number of rotatable bonds is 15. The van der Waals surface area contributed by atoms with Crippen molar-refractivity contribution in [3.63, 3.8) is 0 Å². The van der Waals surface area contributed by atoms with Gasteiger partial charge in [0.15, 0.2) is 0 Å². The maximum Gasteiger partial charge on any atom is 0.254 e. The molecule has 0 saturated heterocycles. The third kappa shape index (κ3) is 8.47. The first-order valence-corrected chi connectivity index (χ1v) is 13.7. The highest BCUT2D eigenvalue weighted by Gasteiger charge is 2.31. The summed E-state index contributed by atoms with van der Waals surface area (Å²) in [6.07, 6.45) is 1.81. The zero-order valence-electron chi connectivity index (χ0n) is 22.9. The van der Waals surface area contributed by atoms with E-state index >= 15 is 0 Å². The van der Waals surface area contributed by atoms with Crippen molar-refractivity contribution < 1.29 is 19.1 Å². The van der Waals surface area contributed by atoms with Crippen LogP contribution < -0.4 is 11.1 Å². The Morgan fingerprint density at radius 2 is 1.54 bits per heavy atom. The maximum atomic E-state index is 13.8. The Hall–Kier alpha value is -3.55. The molecule has 0 aliphatic heterocycles. The lowest BCUT2D eigenvalue weighted by atomic mass is 9.81. The number of halogens is 1. The summed E-state index contributed by atoms with van der Waals surface area (Å²) in [5, 5.41) is 14.8. The van der Waals surface area contributed by atoms with Crippen LogP contribution in [0, 0.1) is 5.82 Å². The summed E-state index contributed by atoms with van der Waals surface area (Å²) >= 11 is 0. The lowest BCUT2D eigenvalue weighted by Gasteiger charge is -2.29. The first-order valence-electron chi connectivity index (χ1n) is 13.7. The summed E-state index contributed by atoms with van der Waals surface area (Å²) in [5.41, 5.74) is 8.92. The van der Waals surface area contributed by atoms with E-state index < -0.39 is 17.9 Å². The number of hydrogen-bond donors (Lipinski definition) is 3. The van der Waals surface area contributed by atoms with Crippen LogP contribution in [-0.2, 0) is 12.8 Å². The summed E-state index contributed by atoms with van der Waals surface area (Å²) in [6.45, 7) is 6.07. The molecule has 0 radical (unpaired) electrons. The molecule has 39 heavy (non-hydrogen) atoms. The molecule has 3 rings (SSSR count). The van der Waals surface area contributed by atoms with Crippen molar-refractivity contribution in [3.05, 3.63) is 106 Å². The fourth-order valence-corrected chi connectivity index (χ4v) is 4.97. The third-order valence-corrected chi connectivity index (χ3v) is 6.87. The molecule has 3 aromatic rings. The number of carbonyl (C=O) groups excluding carboxylic acids is 2. The molecule has 0 heterocycles. The number of nitrogens with two attached hydrogens (primary N) is 1. The number of benzene rings is 3. The maximum absolute atomic E-state index is 13.8. The number of aliphatic hydroxyl groups excluding tert-OH is 1. The van der Waals surface area contributed by atoms with E-state index in [1.807, 2.05) is 44.2 Å². The quantitative estimate of drug-likeness (QED) is 0.247. The molecule has 0 saturated carbocycles. The van der Waals surface area contributed by atoms with E-state index in [0.29, 0.717) is 43.6 Å². The van der Waals surface area contributed by atoms with Gasteiger partial charge in [0, 0.05) is 36.7 Å². The van der Waals surface area contributed by atoms with Gasteiger partial charge in [0.25, 0.3) is 5.91 Å². The summed E-state index contributed by atoms with van der Waals surface area (Å²) in [4.78, 5) is 28.2. The SMILES string of the molecule is CCCN(CCC)C(=O)c1cccc(C(N)=O)c1[C@H](Cc1ccccc1)[C@@H](O)CNCCc1ccc(F)cc1. The zero-order valence-corrected chi connectivity index (χ0v) is 22.9. The Morgan fingerprint density at radius 3 is 2.15 bits per heavy atom. The number of nitrogens with zero attached hydrogens (tertiary/aromatic N) is 1. The summed E-state index contributed by atoms with van der Waals surface area (Å²) in [6, 6.07) is 21.1. The first-order chi connectivity index (χ1) is 18.8. The third-order valence-electron chi connectivity index (χ3n) is 6.87. The second-order valence-corrected chi connectivity index (χ2v) is 9.87. The predicted octanol–water partition coefficient (Wildman–Crippen LogP) is 4.71. The molecule has 208 valence electrons. The molecule has 4 N–H and O–H groups in total. The van der Waals surface area contributed by atoms with Gasteiger partial charge >= 0.3 is 0 Å². The molecule has 0 aromatic heterocycles. The smallest absolute Gasteiger partial charge is 0.254 e. The van der Waals surface area contributed by atoms with Crippen LogP contribution in [0.5, 0.6) is 0 Å². The zero-order chi connectivity index (χ0) is 28.2. The van der Waals surface area contributed by atoms with Gasteiger partial charge in [0.2, 0.25) is 5.91 Å². The van der Waals surface area contributed by atoms with E-state index in [1.54, 1.807) is 35.2 Å². The van der Waals surface area contributed by atoms with Gasteiger partial charge in [-0.3, -0.25) is 9.59 Å². The molecule has 0 unspecified atom stereocenters. The van der Waals surface area contributed by atoms with Crippen molar-refractivity contribution in [2.24, 2.45) is 5.73 Å². The van der Waals surface area contributed by atoms with Crippen LogP contribution in [0.1, 0.15) is 70.0 Å². The Balaban J connectivity index is 1.94. The normalized spacial score (nSPS) is 12.6. The van der Waals surface area contributed by atoms with Crippen molar-refractivity contribution in [2.75, 3.05) is 26.2 Å². The Morgan fingerprint density at radius 1 is 0.897 bits per heavy atom. The first kappa shape index (κ1) is 30.0. The average molecular weight is 534 g/mol. The second-order valence-electron chi connectivity index (χ2n) is 9.87. The van der Waals surface area contributed by atoms with Crippen LogP contribution in [-0.4, -0.2) is 54.1 Å². The van der Waals surface area contributed by atoms with E-state index in [1.165, 1.54) is 12.1 Å². The monoisotopic (exact) mass is 533 g/mol. The van der Waals surface area contributed by atoms with E-state index in [4.69, 9.17) is 5.73 Å². The highest BCUT2D eigenvalue weighted by atomic mass is 19.1. The summed E-state index contributed by atoms with van der Waals surface area (Å²) in [5.74, 6) is -1.63. The summed E-state index contributed by atoms with van der Waals surface area (Å²) in [7, 11) is 0. The van der Waals surface area contributed by atoms with Gasteiger partial charge < -0.3 is 21.1 Å². The van der Waals surface area contributed by atoms with Gasteiger partial charge in [-0.25, -0.2) is 4.39 Å². The lowest BCUT2D eigenvalue weighted by Crippen LogP contribution is -2.38. The van der Waals surface area contributed by atoms with Crippen molar-refractivity contribution in [1.29, 1.82) is 0 Å². The van der Waals surface area contributed by atoms with E-state index in [-0.39, 0.29) is 23.8 Å². The molecule has 7 heteroatoms. The molecule has 2 amide bonds. The topological polar surface area (TPSA) is 95.7 Å². The highest BCUT2D eigenvalue weighted by Crippen LogP contribution is 2.32. The standard InChI is InChI=1S/C32H40FN3O3/c1-3-19-36(20-4-2)32(39)27-12-8-11-26(31(34)38)30(27)28(21-24-9-6-5-7-10-24)29(37)22-35-18-17-23-13-15-25(33)16-14-23/h5-16,28-29,35,37H,3-4,17-22H2,1-2H3,(H2,34,38)/t28-,29+/m1/s1. The van der Waals surface area contributed by atoms with Crippen molar-refractivity contribution >= 4 is 11.8 Å². The molecule has 0 spiro atoms. The van der Waals surface area contributed by atoms with Crippen LogP contribution in [0.15, 0.2) is 72.8 Å². The van der Waals surface area contributed by atoms with Gasteiger partial charge in [-0.15, -0.1) is 0 Å². The van der Waals surface area contributed by atoms with Gasteiger partial charge in [0.1, 0.15) is 5.82 Å². The molecule has 0 bridgehead atoms. The minimum absolute atomic E-state index is 0.161. The average Bonchev–Trinajstić information content (AvgIpc) is 2.94. The number of aliphatic hydroxyl groups is 1. The van der Waals surface area contributed by atoms with Crippen molar-refractivity contribution in [3.8, 4) is 0 Å². The molecule has 2 atom stereocenters. The molecule has 0 aliphatic rings. The molecule has 3 aromatic carbocycles. The van der Waals surface area contributed by atoms with Gasteiger partial charge in [0.05, 0.1) is 6.10 Å². The second kappa shape index (κ2) is 15.1. The van der Waals surface area contributed by atoms with E-state index in [9.17, 15) is 19.1 Å². The molecule has 0 fully saturated rings. The fourth-order valence-electron chi connectivity index (χ4n) is 4.97. The number of primary amides is 1. The van der Waals surface area contributed by atoms with Crippen molar-refractivity contribution in [1.82, 2.24) is 10.2 Å². The van der Waals surface area contributed by atoms with Crippen LogP contribution in [0.25, 0.3) is 0 Å². The Bertz CT molecular complexity index is 1200. The minimum Gasteiger partial charge on any atom is -0.391 e. The van der Waals surface area contributed by atoms with E-state index in [0.717, 1.165) is 24.0 Å². The molecular weight excluding hydrogens is 493 g/mol. The highest BCUT2D eigenvalue weighted by molar-refractivity contribution is 6.02. The number of amides is 2. The van der Waals surface area contributed by atoms with Crippen LogP contribution in [0.3, 0.4) is 0 Å². The van der Waals surface area contributed by atoms with Gasteiger partial charge in [-0.05, 0) is 73.2 Å². The minimum atomic E-state index is -0.906. The molecular formula is C32H40FN3O3. The van der Waals surface area contributed by atoms with Crippen LogP contribution >= 0.6 is 0 Å². The number of carbonyl (C=O) groups is 2. The lowest BCUT2D eigenvalue weighted by molar-refractivity contribution is 0.0751. The Labute approximate surface area is 231 Å². The van der Waals surface area contributed by atoms with Crippen LogP contribution in [0.2, 0.25) is 0 Å². The molecule has 0 aliphatic carbocycles. The largest absolute Gasteiger partial charge is 0.391 e. The van der Waals surface area contributed by atoms with E-state index in [2.05, 4.69) is 5.32 Å². The fraction of sp³-hybridized carbons (Fsp3) is 0.375. The summed E-state index contributed by atoms with van der Waals surface area (Å²) < 4.78 is 13.2. The predicted molar refractivity (Wildman–Crippen MR) is 153 cm³/mol.